The predicted molar refractivity (Wildman–Crippen MR) is 122 cm³/mol. The Morgan fingerprint density at radius 2 is 2.00 bits per heavy atom. The van der Waals surface area contributed by atoms with Crippen LogP contribution in [0.2, 0.25) is 0 Å². The topological polar surface area (TPSA) is 47.0 Å². The summed E-state index contributed by atoms with van der Waals surface area (Å²) in [6.07, 6.45) is 18.1. The summed E-state index contributed by atoms with van der Waals surface area (Å²) in [5, 5.41) is 0. The molecule has 1 heterocycles. The van der Waals surface area contributed by atoms with Crippen molar-refractivity contribution in [3.63, 3.8) is 0 Å². The highest BCUT2D eigenvalue weighted by molar-refractivity contribution is 5.91. The van der Waals surface area contributed by atoms with E-state index in [1.54, 1.807) is 0 Å². The van der Waals surface area contributed by atoms with Crippen LogP contribution in [0.25, 0.3) is 0 Å². The van der Waals surface area contributed by atoms with E-state index in [1.807, 2.05) is 31.5 Å². The molecule has 0 radical (unpaired) electrons. The fourth-order valence-electron chi connectivity index (χ4n) is 8.63. The molecular formula is C28H37NO2. The van der Waals surface area contributed by atoms with E-state index in [4.69, 9.17) is 0 Å². The summed E-state index contributed by atoms with van der Waals surface area (Å²) in [5.74, 6) is 3.13. The molecule has 0 amide bonds. The van der Waals surface area contributed by atoms with E-state index in [0.29, 0.717) is 23.4 Å². The SMILES string of the molecule is CC(=O)[C@H]1CC[C@H]2[C@@H]3CCC4=CC(=O)CC[C@@]4(C)[C@@H]3CC[C@]12CCCc1cccnc1. The van der Waals surface area contributed by atoms with Gasteiger partial charge in [-0.25, -0.2) is 0 Å². The second-order valence-electron chi connectivity index (χ2n) is 11.2. The minimum Gasteiger partial charge on any atom is -0.300 e. The maximum atomic E-state index is 12.8. The van der Waals surface area contributed by atoms with Gasteiger partial charge in [0.15, 0.2) is 5.78 Å². The van der Waals surface area contributed by atoms with Gasteiger partial charge in [0.05, 0.1) is 0 Å². The van der Waals surface area contributed by atoms with Crippen LogP contribution in [-0.4, -0.2) is 16.6 Å². The molecule has 0 aromatic carbocycles. The molecule has 4 aliphatic carbocycles. The van der Waals surface area contributed by atoms with Crippen molar-refractivity contribution < 1.29 is 9.59 Å². The summed E-state index contributed by atoms with van der Waals surface area (Å²) in [6, 6.07) is 4.20. The Morgan fingerprint density at radius 1 is 1.13 bits per heavy atom. The number of ketones is 2. The largest absolute Gasteiger partial charge is 0.300 e. The van der Waals surface area contributed by atoms with Crippen molar-refractivity contribution in [1.29, 1.82) is 0 Å². The molecule has 0 unspecified atom stereocenters. The number of hydrogen-bond acceptors (Lipinski definition) is 3. The van der Waals surface area contributed by atoms with Gasteiger partial charge in [-0.05, 0) is 117 Å². The maximum absolute atomic E-state index is 12.8. The Morgan fingerprint density at radius 3 is 2.77 bits per heavy atom. The summed E-state index contributed by atoms with van der Waals surface area (Å²) in [5.41, 5.74) is 3.17. The van der Waals surface area contributed by atoms with E-state index in [0.717, 1.165) is 44.4 Å². The highest BCUT2D eigenvalue weighted by atomic mass is 16.1. The molecule has 1 aromatic heterocycles. The number of rotatable bonds is 5. The first kappa shape index (κ1) is 21.1. The van der Waals surface area contributed by atoms with E-state index >= 15 is 0 Å². The Labute approximate surface area is 187 Å². The molecule has 166 valence electrons. The number of pyridine rings is 1. The van der Waals surface area contributed by atoms with Crippen molar-refractivity contribution in [3.05, 3.63) is 41.7 Å². The summed E-state index contributed by atoms with van der Waals surface area (Å²) >= 11 is 0. The number of aromatic nitrogens is 1. The zero-order valence-corrected chi connectivity index (χ0v) is 19.2. The minimum atomic E-state index is 0.206. The Balaban J connectivity index is 1.40. The van der Waals surface area contributed by atoms with Gasteiger partial charge in [0.25, 0.3) is 0 Å². The normalized spacial score (nSPS) is 39.3. The molecule has 0 saturated heterocycles. The van der Waals surface area contributed by atoms with Crippen LogP contribution < -0.4 is 0 Å². The molecular weight excluding hydrogens is 382 g/mol. The standard InChI is InChI=1S/C28H37NO2/c1-19(30)24-9-10-26-23-8-7-21-17-22(31)11-14-27(21,2)25(23)12-15-28(24,26)13-3-5-20-6-4-16-29-18-20/h4,6,16-18,23-26H,3,5,7-15H2,1-2H3/t23-,24-,25-,26+,27-,28-/m1/s1. The number of nitrogens with zero attached hydrogens (tertiary/aromatic N) is 1. The van der Waals surface area contributed by atoms with Crippen molar-refractivity contribution in [2.45, 2.75) is 84.5 Å². The zero-order chi connectivity index (χ0) is 21.6. The minimum absolute atomic E-state index is 0.206. The van der Waals surface area contributed by atoms with E-state index in [-0.39, 0.29) is 16.7 Å². The predicted octanol–water partition coefficient (Wildman–Crippen LogP) is 6.12. The number of allylic oxidation sites excluding steroid dienone is 1. The number of Topliss-reactive ketones (excluding diaryl/α,β-unsaturated/α-hetero) is 1. The first-order valence-electron chi connectivity index (χ1n) is 12.6. The van der Waals surface area contributed by atoms with Gasteiger partial charge in [0.2, 0.25) is 0 Å². The van der Waals surface area contributed by atoms with Crippen LogP contribution in [0.4, 0.5) is 0 Å². The van der Waals surface area contributed by atoms with Crippen LogP contribution in [0, 0.1) is 34.5 Å². The molecule has 3 fully saturated rings. The lowest BCUT2D eigenvalue weighted by atomic mass is 9.45. The van der Waals surface area contributed by atoms with Crippen LogP contribution in [0.3, 0.4) is 0 Å². The number of aryl methyl sites for hydroxylation is 1. The quantitative estimate of drug-likeness (QED) is 0.577. The first-order chi connectivity index (χ1) is 14.9. The molecule has 3 nitrogen and oxygen atoms in total. The van der Waals surface area contributed by atoms with Gasteiger partial charge in [-0.1, -0.05) is 18.6 Å². The van der Waals surface area contributed by atoms with Crippen LogP contribution >= 0.6 is 0 Å². The summed E-state index contributed by atoms with van der Waals surface area (Å²) in [6.45, 7) is 4.30. The molecule has 3 heteroatoms. The molecule has 5 rings (SSSR count). The number of fused-ring (bicyclic) bond motifs is 5. The maximum Gasteiger partial charge on any atom is 0.155 e. The zero-order valence-electron chi connectivity index (χ0n) is 19.2. The first-order valence-corrected chi connectivity index (χ1v) is 12.6. The lowest BCUT2D eigenvalue weighted by Crippen LogP contribution is -2.52. The van der Waals surface area contributed by atoms with Crippen LogP contribution in [0.1, 0.15) is 83.6 Å². The smallest absolute Gasteiger partial charge is 0.155 e. The molecule has 1 aromatic rings. The van der Waals surface area contributed by atoms with Gasteiger partial charge in [-0.2, -0.15) is 0 Å². The average molecular weight is 420 g/mol. The molecule has 0 bridgehead atoms. The van der Waals surface area contributed by atoms with Crippen molar-refractivity contribution in [1.82, 2.24) is 4.98 Å². The van der Waals surface area contributed by atoms with Crippen molar-refractivity contribution in [3.8, 4) is 0 Å². The molecule has 0 spiro atoms. The highest BCUT2D eigenvalue weighted by Crippen LogP contribution is 2.68. The van der Waals surface area contributed by atoms with Crippen molar-refractivity contribution >= 4 is 11.6 Å². The molecule has 4 aliphatic rings. The Bertz CT molecular complexity index is 890. The van der Waals surface area contributed by atoms with E-state index in [9.17, 15) is 9.59 Å². The van der Waals surface area contributed by atoms with E-state index in [2.05, 4.69) is 18.0 Å². The second-order valence-corrected chi connectivity index (χ2v) is 11.2. The van der Waals surface area contributed by atoms with Gasteiger partial charge in [0, 0.05) is 24.7 Å². The average Bonchev–Trinajstić information content (AvgIpc) is 3.15. The van der Waals surface area contributed by atoms with Gasteiger partial charge < -0.3 is 0 Å². The molecule has 3 saturated carbocycles. The van der Waals surface area contributed by atoms with Crippen molar-refractivity contribution in [2.24, 2.45) is 34.5 Å². The monoisotopic (exact) mass is 419 g/mol. The molecule has 0 aliphatic heterocycles. The fourth-order valence-corrected chi connectivity index (χ4v) is 8.63. The van der Waals surface area contributed by atoms with Gasteiger partial charge in [-0.3, -0.25) is 14.6 Å². The van der Waals surface area contributed by atoms with Crippen LogP contribution in [0.5, 0.6) is 0 Å². The van der Waals surface area contributed by atoms with Crippen LogP contribution in [-0.2, 0) is 16.0 Å². The van der Waals surface area contributed by atoms with Gasteiger partial charge >= 0.3 is 0 Å². The Kier molecular flexibility index (Phi) is 5.43. The summed E-state index contributed by atoms with van der Waals surface area (Å²) < 4.78 is 0. The van der Waals surface area contributed by atoms with Crippen LogP contribution in [0.15, 0.2) is 36.2 Å². The second kappa shape index (κ2) is 7.98. The van der Waals surface area contributed by atoms with E-state index < -0.39 is 0 Å². The third-order valence-corrected chi connectivity index (χ3v) is 10.00. The van der Waals surface area contributed by atoms with E-state index in [1.165, 1.54) is 43.2 Å². The third-order valence-electron chi connectivity index (χ3n) is 10.00. The molecule has 0 N–H and O–H groups in total. The lowest BCUT2D eigenvalue weighted by molar-refractivity contribution is -0.130. The lowest BCUT2D eigenvalue weighted by Gasteiger charge is -2.59. The number of carbonyl (C=O) groups excluding carboxylic acids is 2. The number of carbonyl (C=O) groups is 2. The summed E-state index contributed by atoms with van der Waals surface area (Å²) in [7, 11) is 0. The fraction of sp³-hybridized carbons (Fsp3) is 0.679. The third kappa shape index (κ3) is 3.43. The summed E-state index contributed by atoms with van der Waals surface area (Å²) in [4.78, 5) is 29.1. The van der Waals surface area contributed by atoms with Gasteiger partial charge in [-0.15, -0.1) is 0 Å². The highest BCUT2D eigenvalue weighted by Gasteiger charge is 2.61. The van der Waals surface area contributed by atoms with Gasteiger partial charge in [0.1, 0.15) is 5.78 Å². The Hall–Kier alpha value is -1.77. The molecule has 6 atom stereocenters. The van der Waals surface area contributed by atoms with Crippen molar-refractivity contribution in [2.75, 3.05) is 0 Å². The number of hydrogen-bond donors (Lipinski definition) is 0. The molecule has 31 heavy (non-hydrogen) atoms.